The van der Waals surface area contributed by atoms with Crippen molar-refractivity contribution in [3.05, 3.63) is 0 Å². The van der Waals surface area contributed by atoms with Crippen molar-refractivity contribution in [2.75, 3.05) is 19.7 Å². The summed E-state index contributed by atoms with van der Waals surface area (Å²) in [4.78, 5) is 24.3. The molecule has 1 atom stereocenters. The average Bonchev–Trinajstić information content (AvgIpc) is 2.28. The molecule has 2 amide bonds. The van der Waals surface area contributed by atoms with Crippen LogP contribution in [0.3, 0.4) is 0 Å². The first-order valence-corrected chi connectivity index (χ1v) is 5.47. The summed E-state index contributed by atoms with van der Waals surface area (Å²) in [6.45, 7) is 3.30. The lowest BCUT2D eigenvalue weighted by molar-refractivity contribution is -0.122. The standard InChI is InChI=1S/C10H15N3O3/c1-2-16-10(15)13-4-3-8-7(6-13)5-9(14)12-11-8/h7H,2-6H2,1H3,(H,12,14). The number of piperidine rings is 1. The molecule has 0 saturated carbocycles. The van der Waals surface area contributed by atoms with Crippen LogP contribution in [0.1, 0.15) is 19.8 Å². The molecule has 2 rings (SSSR count). The molecule has 6 nitrogen and oxygen atoms in total. The lowest BCUT2D eigenvalue weighted by Crippen LogP contribution is -2.48. The predicted molar refractivity (Wildman–Crippen MR) is 56.9 cm³/mol. The summed E-state index contributed by atoms with van der Waals surface area (Å²) in [5, 5.41) is 4.01. The summed E-state index contributed by atoms with van der Waals surface area (Å²) in [6.07, 6.45) is 0.825. The Morgan fingerprint density at radius 2 is 2.50 bits per heavy atom. The van der Waals surface area contributed by atoms with Gasteiger partial charge in [0.25, 0.3) is 0 Å². The van der Waals surface area contributed by atoms with Crippen LogP contribution in [0.2, 0.25) is 0 Å². The third-order valence-corrected chi connectivity index (χ3v) is 2.83. The van der Waals surface area contributed by atoms with Crippen molar-refractivity contribution in [1.29, 1.82) is 0 Å². The molecule has 88 valence electrons. The van der Waals surface area contributed by atoms with Gasteiger partial charge in [-0.2, -0.15) is 5.10 Å². The fourth-order valence-electron chi connectivity index (χ4n) is 2.03. The molecule has 0 aliphatic carbocycles. The van der Waals surface area contributed by atoms with E-state index in [9.17, 15) is 9.59 Å². The number of rotatable bonds is 1. The Labute approximate surface area is 93.6 Å². The number of carbonyl (C=O) groups is 2. The van der Waals surface area contributed by atoms with Crippen LogP contribution < -0.4 is 5.43 Å². The minimum Gasteiger partial charge on any atom is -0.450 e. The van der Waals surface area contributed by atoms with Crippen LogP contribution in [0.15, 0.2) is 5.10 Å². The zero-order chi connectivity index (χ0) is 11.5. The smallest absolute Gasteiger partial charge is 0.409 e. The van der Waals surface area contributed by atoms with Crippen LogP contribution in [0.5, 0.6) is 0 Å². The molecule has 0 spiro atoms. The van der Waals surface area contributed by atoms with Crippen molar-refractivity contribution in [3.63, 3.8) is 0 Å². The van der Waals surface area contributed by atoms with E-state index in [1.165, 1.54) is 0 Å². The van der Waals surface area contributed by atoms with Crippen molar-refractivity contribution >= 4 is 17.7 Å². The van der Waals surface area contributed by atoms with E-state index in [1.54, 1.807) is 11.8 Å². The Balaban J connectivity index is 1.99. The minimum absolute atomic E-state index is 0.0620. The largest absolute Gasteiger partial charge is 0.450 e. The number of nitrogens with zero attached hydrogens (tertiary/aromatic N) is 2. The maximum atomic E-state index is 11.5. The molecule has 2 heterocycles. The van der Waals surface area contributed by atoms with E-state index in [-0.39, 0.29) is 17.9 Å². The third kappa shape index (κ3) is 2.15. The molecule has 0 radical (unpaired) electrons. The Morgan fingerprint density at radius 1 is 1.69 bits per heavy atom. The fourth-order valence-corrected chi connectivity index (χ4v) is 2.03. The fraction of sp³-hybridized carbons (Fsp3) is 0.700. The summed E-state index contributed by atoms with van der Waals surface area (Å²) in [7, 11) is 0. The van der Waals surface area contributed by atoms with Gasteiger partial charge < -0.3 is 9.64 Å². The Kier molecular flexibility index (Phi) is 3.07. The molecule has 1 saturated heterocycles. The molecule has 0 aromatic heterocycles. The first-order chi connectivity index (χ1) is 7.70. The topological polar surface area (TPSA) is 71.0 Å². The lowest BCUT2D eigenvalue weighted by Gasteiger charge is -2.34. The van der Waals surface area contributed by atoms with E-state index < -0.39 is 0 Å². The van der Waals surface area contributed by atoms with Gasteiger partial charge in [-0.1, -0.05) is 0 Å². The van der Waals surface area contributed by atoms with Gasteiger partial charge in [0.2, 0.25) is 5.91 Å². The molecule has 2 aliphatic rings. The molecule has 0 aromatic rings. The average molecular weight is 225 g/mol. The second-order valence-corrected chi connectivity index (χ2v) is 3.93. The molecule has 0 aromatic carbocycles. The van der Waals surface area contributed by atoms with Gasteiger partial charge in [-0.25, -0.2) is 10.2 Å². The summed E-state index contributed by atoms with van der Waals surface area (Å²) in [5.74, 6) is -0.0219. The second kappa shape index (κ2) is 4.51. The van der Waals surface area contributed by atoms with Crippen LogP contribution in [0.4, 0.5) is 4.79 Å². The minimum atomic E-state index is -0.299. The molecular formula is C10H15N3O3. The maximum absolute atomic E-state index is 11.5. The second-order valence-electron chi connectivity index (χ2n) is 3.93. The number of hydrogen-bond donors (Lipinski definition) is 1. The van der Waals surface area contributed by atoms with Gasteiger partial charge in [-0.3, -0.25) is 4.79 Å². The summed E-state index contributed by atoms with van der Waals surface area (Å²) in [6, 6.07) is 0. The number of ether oxygens (including phenoxy) is 1. The van der Waals surface area contributed by atoms with Gasteiger partial charge in [0, 0.05) is 37.6 Å². The van der Waals surface area contributed by atoms with Crippen LogP contribution >= 0.6 is 0 Å². The van der Waals surface area contributed by atoms with E-state index in [0.717, 1.165) is 5.71 Å². The normalized spacial score (nSPS) is 24.3. The van der Waals surface area contributed by atoms with Crippen molar-refractivity contribution in [2.45, 2.75) is 19.8 Å². The highest BCUT2D eigenvalue weighted by Crippen LogP contribution is 2.20. The predicted octanol–water partition coefficient (Wildman–Crippen LogP) is 0.341. The van der Waals surface area contributed by atoms with E-state index >= 15 is 0 Å². The monoisotopic (exact) mass is 225 g/mol. The number of hydrazone groups is 1. The molecule has 1 unspecified atom stereocenters. The van der Waals surface area contributed by atoms with E-state index in [1.807, 2.05) is 0 Å². The quantitative estimate of drug-likeness (QED) is 0.699. The van der Waals surface area contributed by atoms with E-state index in [4.69, 9.17) is 4.74 Å². The van der Waals surface area contributed by atoms with Gasteiger partial charge in [-0.05, 0) is 6.92 Å². The van der Waals surface area contributed by atoms with Gasteiger partial charge in [0.05, 0.1) is 6.61 Å². The van der Waals surface area contributed by atoms with E-state index in [2.05, 4.69) is 10.5 Å². The van der Waals surface area contributed by atoms with E-state index in [0.29, 0.717) is 32.5 Å². The Morgan fingerprint density at radius 3 is 3.25 bits per heavy atom. The number of amides is 2. The van der Waals surface area contributed by atoms with Crippen LogP contribution in [-0.2, 0) is 9.53 Å². The Hall–Kier alpha value is -1.59. The van der Waals surface area contributed by atoms with Crippen molar-refractivity contribution in [3.8, 4) is 0 Å². The highest BCUT2D eigenvalue weighted by atomic mass is 16.6. The van der Waals surface area contributed by atoms with Crippen LogP contribution in [0.25, 0.3) is 0 Å². The summed E-state index contributed by atoms with van der Waals surface area (Å²) < 4.78 is 4.93. The first kappa shape index (κ1) is 10.9. The first-order valence-electron chi connectivity index (χ1n) is 5.47. The molecule has 0 bridgehead atoms. The number of likely N-dealkylation sites (tertiary alicyclic amines) is 1. The van der Waals surface area contributed by atoms with Gasteiger partial charge in [-0.15, -0.1) is 0 Å². The van der Waals surface area contributed by atoms with Gasteiger partial charge >= 0.3 is 6.09 Å². The molecule has 2 aliphatic heterocycles. The zero-order valence-corrected chi connectivity index (χ0v) is 9.23. The number of carbonyl (C=O) groups excluding carboxylic acids is 2. The number of hydrogen-bond acceptors (Lipinski definition) is 4. The van der Waals surface area contributed by atoms with Gasteiger partial charge in [0.15, 0.2) is 0 Å². The highest BCUT2D eigenvalue weighted by Gasteiger charge is 2.32. The van der Waals surface area contributed by atoms with Crippen LogP contribution in [0, 0.1) is 5.92 Å². The van der Waals surface area contributed by atoms with Crippen molar-refractivity contribution in [1.82, 2.24) is 10.3 Å². The number of fused-ring (bicyclic) bond motifs is 1. The maximum Gasteiger partial charge on any atom is 0.409 e. The van der Waals surface area contributed by atoms with Crippen molar-refractivity contribution in [2.24, 2.45) is 11.0 Å². The zero-order valence-electron chi connectivity index (χ0n) is 9.23. The Bertz CT molecular complexity index is 340. The van der Waals surface area contributed by atoms with Gasteiger partial charge in [0.1, 0.15) is 0 Å². The highest BCUT2D eigenvalue weighted by molar-refractivity contribution is 5.95. The molecule has 6 heteroatoms. The lowest BCUT2D eigenvalue weighted by atomic mass is 9.91. The molecule has 1 N–H and O–H groups in total. The summed E-state index contributed by atoms with van der Waals surface area (Å²) >= 11 is 0. The molecule has 16 heavy (non-hydrogen) atoms. The molecule has 1 fully saturated rings. The van der Waals surface area contributed by atoms with Crippen LogP contribution in [-0.4, -0.2) is 42.3 Å². The molecular weight excluding hydrogens is 210 g/mol. The number of nitrogens with one attached hydrogen (secondary N) is 1. The van der Waals surface area contributed by atoms with Crippen molar-refractivity contribution < 1.29 is 14.3 Å². The SMILES string of the molecule is CCOC(=O)N1CCC2=NNC(=O)CC2C1. The summed E-state index contributed by atoms with van der Waals surface area (Å²) in [5.41, 5.74) is 3.45. The third-order valence-electron chi connectivity index (χ3n) is 2.83.